The fourth-order valence-electron chi connectivity index (χ4n) is 0.233. The first kappa shape index (κ1) is 11.8. The lowest BCUT2D eigenvalue weighted by Gasteiger charge is -2.09. The highest BCUT2D eigenvalue weighted by Crippen LogP contribution is 2.57. The summed E-state index contributed by atoms with van der Waals surface area (Å²) in [7, 11) is -9.97. The van der Waals surface area contributed by atoms with Gasteiger partial charge in [-0.15, -0.1) is 0 Å². The van der Waals surface area contributed by atoms with E-state index in [9.17, 15) is 9.13 Å². The second-order valence-corrected chi connectivity index (χ2v) is 4.10. The number of rotatable bonds is 5. The first-order valence-electron chi connectivity index (χ1n) is 2.32. The maximum absolute atomic E-state index is 10.4. The van der Waals surface area contributed by atoms with Crippen molar-refractivity contribution in [1.82, 2.24) is 0 Å². The first-order valence-corrected chi connectivity index (χ1v) is 5.35. The molecule has 0 saturated heterocycles. The van der Waals surface area contributed by atoms with Gasteiger partial charge in [-0.3, -0.25) is 0 Å². The molecule has 0 bridgehead atoms. The van der Waals surface area contributed by atoms with E-state index >= 15 is 0 Å². The number of phosphoric acid groups is 2. The van der Waals surface area contributed by atoms with Gasteiger partial charge < -0.3 is 19.6 Å². The van der Waals surface area contributed by atoms with Gasteiger partial charge in [0.2, 0.25) is 0 Å². The number of hydrogen-bond donors (Lipinski definition) is 3. The lowest BCUT2D eigenvalue weighted by atomic mass is 11.2. The van der Waals surface area contributed by atoms with E-state index < -0.39 is 15.6 Å². The molecule has 0 fully saturated rings. The third-order valence-electron chi connectivity index (χ3n) is 0.415. The van der Waals surface area contributed by atoms with Crippen molar-refractivity contribution in [3.8, 4) is 0 Å². The quantitative estimate of drug-likeness (QED) is 0.261. The minimum atomic E-state index is -5.08. The predicted molar refractivity (Wildman–Crippen MR) is 35.3 cm³/mol. The van der Waals surface area contributed by atoms with E-state index in [1.165, 1.54) is 0 Å². The summed E-state index contributed by atoms with van der Waals surface area (Å²) >= 11 is 0. The van der Waals surface area contributed by atoms with Gasteiger partial charge in [-0.1, -0.05) is 11.3 Å². The molecule has 8 nitrogen and oxygen atoms in total. The Balaban J connectivity index is 4.14. The molecule has 12 heavy (non-hydrogen) atoms. The molecule has 0 amide bonds. The monoisotopic (exact) mass is 220 g/mol. The topological polar surface area (TPSA) is 123 Å². The molecule has 0 radical (unpaired) electrons. The molecular weight excluding hydrogens is 214 g/mol. The standard InChI is InChI=1S/C2H6O8P2/c1-2-8-9-12(6,7)10-11(3,4)5/h2H,1H2,(H,6,7)(H2,3,4,5). The molecule has 0 aromatic carbocycles. The summed E-state index contributed by atoms with van der Waals surface area (Å²) in [4.78, 5) is 28.2. The minimum Gasteiger partial charge on any atom is -0.336 e. The van der Waals surface area contributed by atoms with Gasteiger partial charge in [-0.25, -0.2) is 9.13 Å². The van der Waals surface area contributed by atoms with E-state index in [2.05, 4.69) is 20.5 Å². The normalized spacial score (nSPS) is 16.6. The summed E-state index contributed by atoms with van der Waals surface area (Å²) in [5, 5.41) is 0. The van der Waals surface area contributed by atoms with Crippen LogP contribution in [-0.2, 0) is 23.0 Å². The third-order valence-corrected chi connectivity index (χ3v) is 2.37. The zero-order chi connectivity index (χ0) is 9.83. The Morgan fingerprint density at radius 3 is 2.08 bits per heavy atom. The molecule has 0 rings (SSSR count). The van der Waals surface area contributed by atoms with E-state index in [1.807, 2.05) is 0 Å². The number of hydrogen-bond acceptors (Lipinski definition) is 5. The van der Waals surface area contributed by atoms with Crippen molar-refractivity contribution in [3.63, 3.8) is 0 Å². The Bertz CT molecular complexity index is 239. The summed E-state index contributed by atoms with van der Waals surface area (Å²) in [6.45, 7) is 2.93. The Morgan fingerprint density at radius 2 is 1.75 bits per heavy atom. The molecule has 0 saturated carbocycles. The Labute approximate surface area is 67.2 Å². The van der Waals surface area contributed by atoms with E-state index in [4.69, 9.17) is 14.7 Å². The van der Waals surface area contributed by atoms with Gasteiger partial charge in [0.05, 0.1) is 0 Å². The van der Waals surface area contributed by atoms with E-state index in [1.54, 1.807) is 0 Å². The van der Waals surface area contributed by atoms with Gasteiger partial charge in [-0.2, -0.15) is 4.31 Å². The molecule has 0 aliphatic rings. The molecule has 0 aromatic heterocycles. The average Bonchev–Trinajstić information content (AvgIpc) is 1.78. The van der Waals surface area contributed by atoms with Crippen LogP contribution < -0.4 is 0 Å². The Hall–Kier alpha value is -0.200. The highest BCUT2D eigenvalue weighted by molar-refractivity contribution is 7.60. The van der Waals surface area contributed by atoms with Crippen LogP contribution in [0.3, 0.4) is 0 Å². The van der Waals surface area contributed by atoms with Crippen LogP contribution in [0.4, 0.5) is 0 Å². The predicted octanol–water partition coefficient (Wildman–Crippen LogP) is 0.288. The second kappa shape index (κ2) is 4.15. The fourth-order valence-corrected chi connectivity index (χ4v) is 1.59. The highest BCUT2D eigenvalue weighted by Gasteiger charge is 2.33. The maximum atomic E-state index is 10.4. The zero-order valence-electron chi connectivity index (χ0n) is 5.56. The SMILES string of the molecule is C=COOP(=O)(O)OP(=O)(O)O. The van der Waals surface area contributed by atoms with Gasteiger partial charge in [0.25, 0.3) is 0 Å². The minimum absolute atomic E-state index is 0.631. The van der Waals surface area contributed by atoms with Gasteiger partial charge in [0, 0.05) is 0 Å². The van der Waals surface area contributed by atoms with Crippen LogP contribution in [0.1, 0.15) is 0 Å². The highest BCUT2D eigenvalue weighted by atomic mass is 31.3. The molecule has 10 heteroatoms. The molecule has 0 aliphatic heterocycles. The molecule has 72 valence electrons. The van der Waals surface area contributed by atoms with Crippen LogP contribution in [-0.4, -0.2) is 14.7 Å². The molecule has 0 aliphatic carbocycles. The van der Waals surface area contributed by atoms with Crippen LogP contribution in [0.25, 0.3) is 0 Å². The summed E-state index contributed by atoms with van der Waals surface area (Å²) in [5.41, 5.74) is 0. The van der Waals surface area contributed by atoms with E-state index in [0.29, 0.717) is 6.26 Å². The summed E-state index contributed by atoms with van der Waals surface area (Å²) < 4.78 is 27.3. The van der Waals surface area contributed by atoms with Crippen LogP contribution in [0.2, 0.25) is 0 Å². The van der Waals surface area contributed by atoms with Crippen molar-refractivity contribution in [3.05, 3.63) is 12.8 Å². The van der Waals surface area contributed by atoms with Crippen molar-refractivity contribution in [2.24, 2.45) is 0 Å². The van der Waals surface area contributed by atoms with E-state index in [0.717, 1.165) is 0 Å². The van der Waals surface area contributed by atoms with Gasteiger partial charge in [-0.05, 0) is 0 Å². The molecule has 0 aromatic rings. The Kier molecular flexibility index (Phi) is 4.09. The summed E-state index contributed by atoms with van der Waals surface area (Å²) in [6, 6.07) is 0. The Morgan fingerprint density at radius 1 is 1.25 bits per heavy atom. The van der Waals surface area contributed by atoms with Crippen molar-refractivity contribution >= 4 is 15.6 Å². The molecule has 1 atom stereocenters. The van der Waals surface area contributed by atoms with Crippen molar-refractivity contribution in [1.29, 1.82) is 0 Å². The van der Waals surface area contributed by atoms with Crippen molar-refractivity contribution in [2.45, 2.75) is 0 Å². The second-order valence-electron chi connectivity index (χ2n) is 1.38. The molecule has 0 spiro atoms. The van der Waals surface area contributed by atoms with Crippen LogP contribution in [0.5, 0.6) is 0 Å². The first-order chi connectivity index (χ1) is 5.27. The van der Waals surface area contributed by atoms with Crippen LogP contribution in [0.15, 0.2) is 12.8 Å². The summed E-state index contributed by atoms with van der Waals surface area (Å²) in [6.07, 6.45) is 0.631. The average molecular weight is 220 g/mol. The maximum Gasteiger partial charge on any atom is 0.517 e. The molecule has 0 heterocycles. The summed E-state index contributed by atoms with van der Waals surface area (Å²) in [5.74, 6) is 0. The van der Waals surface area contributed by atoms with Crippen molar-refractivity contribution in [2.75, 3.05) is 0 Å². The third kappa shape index (κ3) is 6.51. The van der Waals surface area contributed by atoms with Gasteiger partial charge in [0.15, 0.2) is 0 Å². The van der Waals surface area contributed by atoms with Crippen molar-refractivity contribution < 1.29 is 37.7 Å². The van der Waals surface area contributed by atoms with Crippen LogP contribution >= 0.6 is 15.6 Å². The van der Waals surface area contributed by atoms with Crippen LogP contribution in [0, 0.1) is 0 Å². The molecule has 1 unspecified atom stereocenters. The zero-order valence-corrected chi connectivity index (χ0v) is 7.35. The van der Waals surface area contributed by atoms with Gasteiger partial charge in [0.1, 0.15) is 6.26 Å². The lowest BCUT2D eigenvalue weighted by molar-refractivity contribution is -0.166. The smallest absolute Gasteiger partial charge is 0.336 e. The van der Waals surface area contributed by atoms with Gasteiger partial charge >= 0.3 is 15.6 Å². The largest absolute Gasteiger partial charge is 0.517 e. The lowest BCUT2D eigenvalue weighted by Crippen LogP contribution is -1.91. The molecular formula is C2H6O8P2. The fraction of sp³-hybridized carbons (Fsp3) is 0. The van der Waals surface area contributed by atoms with E-state index in [-0.39, 0.29) is 0 Å². The molecule has 3 N–H and O–H groups in total.